The molecule has 31 heavy (non-hydrogen) atoms. The second-order valence-electron chi connectivity index (χ2n) is 7.13. The SMILES string of the molecule is COc1ccc(-c2nn3c(nc2=O)-c2ccccc2NC3c2ccc(OC)cc2)cc1. The van der Waals surface area contributed by atoms with Crippen molar-refractivity contribution >= 4 is 5.69 Å². The van der Waals surface area contributed by atoms with Crippen LogP contribution < -0.4 is 20.3 Å². The minimum Gasteiger partial charge on any atom is -0.497 e. The molecule has 0 saturated heterocycles. The molecule has 3 aromatic carbocycles. The smallest absolute Gasteiger partial charge is 0.300 e. The lowest BCUT2D eigenvalue weighted by atomic mass is 10.1. The van der Waals surface area contributed by atoms with Gasteiger partial charge in [-0.3, -0.25) is 4.79 Å². The van der Waals surface area contributed by atoms with Crippen LogP contribution in [0.4, 0.5) is 5.69 Å². The van der Waals surface area contributed by atoms with Gasteiger partial charge in [0.15, 0.2) is 11.5 Å². The molecular formula is C24H20N4O3. The van der Waals surface area contributed by atoms with Crippen molar-refractivity contribution in [3.63, 3.8) is 0 Å². The monoisotopic (exact) mass is 412 g/mol. The van der Waals surface area contributed by atoms with Crippen molar-refractivity contribution in [3.8, 4) is 34.1 Å². The standard InChI is InChI=1S/C24H20N4O3/c1-30-17-11-7-15(8-12-17)21-24(29)26-23-19-5-3-4-6-20(19)25-22(28(23)27-21)16-9-13-18(31-2)14-10-16/h3-14,22,25H,1-2H3. The van der Waals surface area contributed by atoms with Gasteiger partial charge in [-0.1, -0.05) is 24.3 Å². The number of rotatable bonds is 4. The van der Waals surface area contributed by atoms with Crippen LogP contribution in [-0.4, -0.2) is 29.0 Å². The van der Waals surface area contributed by atoms with E-state index in [0.29, 0.717) is 17.1 Å². The number of methoxy groups -OCH3 is 2. The fourth-order valence-corrected chi connectivity index (χ4v) is 3.72. The lowest BCUT2D eigenvalue weighted by Gasteiger charge is -2.30. The lowest BCUT2D eigenvalue weighted by Crippen LogP contribution is -2.32. The number of nitrogens with one attached hydrogen (secondary N) is 1. The van der Waals surface area contributed by atoms with Gasteiger partial charge in [0.05, 0.1) is 14.2 Å². The Kier molecular flexibility index (Phi) is 4.63. The third-order valence-electron chi connectivity index (χ3n) is 5.33. The second kappa shape index (κ2) is 7.60. The largest absolute Gasteiger partial charge is 0.497 e. The fourth-order valence-electron chi connectivity index (χ4n) is 3.72. The van der Waals surface area contributed by atoms with E-state index in [2.05, 4.69) is 10.3 Å². The minimum atomic E-state index is -0.374. The predicted molar refractivity (Wildman–Crippen MR) is 118 cm³/mol. The topological polar surface area (TPSA) is 78.3 Å². The molecule has 0 aliphatic carbocycles. The molecule has 154 valence electrons. The van der Waals surface area contributed by atoms with Gasteiger partial charge in [-0.25, -0.2) is 4.68 Å². The zero-order chi connectivity index (χ0) is 21.4. The molecule has 1 N–H and O–H groups in total. The molecule has 4 aromatic rings. The molecule has 7 nitrogen and oxygen atoms in total. The highest BCUT2D eigenvalue weighted by Gasteiger charge is 2.28. The van der Waals surface area contributed by atoms with Crippen molar-refractivity contribution in [3.05, 3.63) is 88.7 Å². The van der Waals surface area contributed by atoms with Crippen molar-refractivity contribution in [2.45, 2.75) is 6.17 Å². The summed E-state index contributed by atoms with van der Waals surface area (Å²) >= 11 is 0. The molecule has 0 bridgehead atoms. The number of ether oxygens (including phenoxy) is 2. The molecule has 1 aliphatic heterocycles. The molecule has 1 unspecified atom stereocenters. The van der Waals surface area contributed by atoms with Crippen LogP contribution in [-0.2, 0) is 0 Å². The summed E-state index contributed by atoms with van der Waals surface area (Å²) in [6.07, 6.45) is -0.332. The molecular weight excluding hydrogens is 392 g/mol. The maximum Gasteiger partial charge on any atom is 0.300 e. The maximum absolute atomic E-state index is 12.9. The molecule has 7 heteroatoms. The number of aromatic nitrogens is 3. The number of hydrogen-bond acceptors (Lipinski definition) is 6. The van der Waals surface area contributed by atoms with Gasteiger partial charge in [0, 0.05) is 16.8 Å². The van der Waals surface area contributed by atoms with E-state index in [1.807, 2.05) is 60.7 Å². The molecule has 5 rings (SSSR count). The van der Waals surface area contributed by atoms with E-state index in [4.69, 9.17) is 14.6 Å². The number of fused-ring (bicyclic) bond motifs is 3. The molecule has 0 fully saturated rings. The predicted octanol–water partition coefficient (Wildman–Crippen LogP) is 3.96. The van der Waals surface area contributed by atoms with Gasteiger partial charge in [0.2, 0.25) is 0 Å². The first-order chi connectivity index (χ1) is 15.2. The molecule has 0 spiro atoms. The van der Waals surface area contributed by atoms with Crippen molar-refractivity contribution in [2.75, 3.05) is 19.5 Å². The van der Waals surface area contributed by atoms with Crippen molar-refractivity contribution < 1.29 is 9.47 Å². The molecule has 0 amide bonds. The zero-order valence-corrected chi connectivity index (χ0v) is 17.1. The van der Waals surface area contributed by atoms with E-state index < -0.39 is 0 Å². The van der Waals surface area contributed by atoms with E-state index >= 15 is 0 Å². The number of nitrogens with zero attached hydrogens (tertiary/aromatic N) is 3. The zero-order valence-electron chi connectivity index (χ0n) is 17.1. The third kappa shape index (κ3) is 3.30. The van der Waals surface area contributed by atoms with Crippen molar-refractivity contribution in [1.82, 2.24) is 14.8 Å². The number of benzene rings is 3. The van der Waals surface area contributed by atoms with Crippen LogP contribution in [0.1, 0.15) is 11.7 Å². The third-order valence-corrected chi connectivity index (χ3v) is 5.33. The Morgan fingerprint density at radius 3 is 2.19 bits per heavy atom. The summed E-state index contributed by atoms with van der Waals surface area (Å²) < 4.78 is 12.3. The first kappa shape index (κ1) is 18.9. The average Bonchev–Trinajstić information content (AvgIpc) is 2.83. The number of hydrogen-bond donors (Lipinski definition) is 1. The van der Waals surface area contributed by atoms with Gasteiger partial charge >= 0.3 is 0 Å². The van der Waals surface area contributed by atoms with Gasteiger partial charge in [0.1, 0.15) is 17.7 Å². The number of para-hydroxylation sites is 1. The van der Waals surface area contributed by atoms with Crippen LogP contribution >= 0.6 is 0 Å². The van der Waals surface area contributed by atoms with Crippen LogP contribution in [0.15, 0.2) is 77.6 Å². The van der Waals surface area contributed by atoms with E-state index in [1.54, 1.807) is 31.0 Å². The van der Waals surface area contributed by atoms with Gasteiger partial charge in [-0.2, -0.15) is 10.1 Å². The Bertz CT molecular complexity index is 1300. The Labute approximate surface area is 178 Å². The van der Waals surface area contributed by atoms with E-state index in [0.717, 1.165) is 22.6 Å². The summed E-state index contributed by atoms with van der Waals surface area (Å²) in [4.78, 5) is 17.4. The van der Waals surface area contributed by atoms with Gasteiger partial charge < -0.3 is 14.8 Å². The normalized spacial score (nSPS) is 14.2. The van der Waals surface area contributed by atoms with Gasteiger partial charge in [0.25, 0.3) is 5.56 Å². The summed E-state index contributed by atoms with van der Waals surface area (Å²) in [7, 11) is 3.24. The van der Waals surface area contributed by atoms with E-state index in [9.17, 15) is 4.79 Å². The molecule has 2 heterocycles. The van der Waals surface area contributed by atoms with E-state index in [1.165, 1.54) is 0 Å². The number of anilines is 1. The molecule has 0 saturated carbocycles. The van der Waals surface area contributed by atoms with E-state index in [-0.39, 0.29) is 17.4 Å². The Balaban J connectivity index is 1.69. The average molecular weight is 412 g/mol. The molecule has 1 aromatic heterocycles. The molecule has 1 atom stereocenters. The minimum absolute atomic E-state index is 0.283. The van der Waals surface area contributed by atoms with Crippen LogP contribution in [0, 0.1) is 0 Å². The van der Waals surface area contributed by atoms with Crippen LogP contribution in [0.2, 0.25) is 0 Å². The highest BCUT2D eigenvalue weighted by molar-refractivity contribution is 5.76. The Morgan fingerprint density at radius 1 is 0.871 bits per heavy atom. The summed E-state index contributed by atoms with van der Waals surface area (Å²) in [6, 6.07) is 22.7. The quantitative estimate of drug-likeness (QED) is 0.547. The second-order valence-corrected chi connectivity index (χ2v) is 7.13. The van der Waals surface area contributed by atoms with Crippen molar-refractivity contribution in [1.29, 1.82) is 0 Å². The molecule has 1 aliphatic rings. The summed E-state index contributed by atoms with van der Waals surface area (Å²) in [5, 5.41) is 8.27. The molecule has 0 radical (unpaired) electrons. The lowest BCUT2D eigenvalue weighted by molar-refractivity contribution is 0.414. The highest BCUT2D eigenvalue weighted by atomic mass is 16.5. The van der Waals surface area contributed by atoms with Crippen LogP contribution in [0.25, 0.3) is 22.6 Å². The summed E-state index contributed by atoms with van der Waals surface area (Å²) in [5.41, 5.74) is 3.29. The first-order valence-electron chi connectivity index (χ1n) is 9.83. The van der Waals surface area contributed by atoms with Crippen molar-refractivity contribution in [2.24, 2.45) is 0 Å². The fraction of sp³-hybridized carbons (Fsp3) is 0.125. The van der Waals surface area contributed by atoms with Gasteiger partial charge in [-0.15, -0.1) is 0 Å². The summed E-state index contributed by atoms with van der Waals surface area (Å²) in [6.45, 7) is 0. The maximum atomic E-state index is 12.9. The summed E-state index contributed by atoms with van der Waals surface area (Å²) in [5.74, 6) is 2.00. The van der Waals surface area contributed by atoms with Crippen LogP contribution in [0.3, 0.4) is 0 Å². The van der Waals surface area contributed by atoms with Crippen LogP contribution in [0.5, 0.6) is 11.5 Å². The first-order valence-corrected chi connectivity index (χ1v) is 9.83. The van der Waals surface area contributed by atoms with Gasteiger partial charge in [-0.05, 0) is 54.1 Å². The highest BCUT2D eigenvalue weighted by Crippen LogP contribution is 2.36. The Hall–Kier alpha value is -4.13. The Morgan fingerprint density at radius 2 is 1.52 bits per heavy atom.